The number of hydrogen-bond acceptors (Lipinski definition) is 3. The molecule has 18 heavy (non-hydrogen) atoms. The molecule has 0 amide bonds. The maximum Gasteiger partial charge on any atom is 0.0473 e. The van der Waals surface area contributed by atoms with Gasteiger partial charge in [-0.1, -0.05) is 24.3 Å². The van der Waals surface area contributed by atoms with E-state index in [4.69, 9.17) is 5.73 Å². The maximum atomic E-state index is 6.08. The highest BCUT2D eigenvalue weighted by atomic mass is 32.2. The summed E-state index contributed by atoms with van der Waals surface area (Å²) in [6.45, 7) is 3.12. The first kappa shape index (κ1) is 12.5. The van der Waals surface area contributed by atoms with E-state index < -0.39 is 0 Å². The summed E-state index contributed by atoms with van der Waals surface area (Å²) in [4.78, 5) is 2.58. The Hall–Kier alpha value is -0.510. The summed E-state index contributed by atoms with van der Waals surface area (Å²) in [6.07, 6.45) is 2.73. The lowest BCUT2D eigenvalue weighted by molar-refractivity contribution is 0.222. The van der Waals surface area contributed by atoms with Crippen LogP contribution in [0.15, 0.2) is 24.3 Å². The van der Waals surface area contributed by atoms with Crippen molar-refractivity contribution in [3.8, 4) is 0 Å². The Morgan fingerprint density at radius 1 is 1.22 bits per heavy atom. The summed E-state index contributed by atoms with van der Waals surface area (Å²) in [5.74, 6) is 3.32. The summed E-state index contributed by atoms with van der Waals surface area (Å²) >= 11 is 2.06. The van der Waals surface area contributed by atoms with Gasteiger partial charge in [-0.3, -0.25) is 4.90 Å². The second-order valence-corrected chi connectivity index (χ2v) is 6.53. The number of rotatable bonds is 4. The van der Waals surface area contributed by atoms with E-state index in [2.05, 4.69) is 40.9 Å². The van der Waals surface area contributed by atoms with E-state index in [-0.39, 0.29) is 0 Å². The second kappa shape index (κ2) is 5.64. The summed E-state index contributed by atoms with van der Waals surface area (Å²) in [7, 11) is 0. The van der Waals surface area contributed by atoms with Crippen LogP contribution in [-0.4, -0.2) is 36.0 Å². The van der Waals surface area contributed by atoms with Crippen molar-refractivity contribution in [2.75, 3.05) is 31.1 Å². The van der Waals surface area contributed by atoms with Gasteiger partial charge in [-0.25, -0.2) is 0 Å². The highest BCUT2D eigenvalue weighted by molar-refractivity contribution is 7.99. The van der Waals surface area contributed by atoms with Gasteiger partial charge in [0.1, 0.15) is 0 Å². The molecule has 0 radical (unpaired) electrons. The molecule has 1 unspecified atom stereocenters. The molecule has 0 aromatic heterocycles. The van der Waals surface area contributed by atoms with Crippen molar-refractivity contribution in [2.24, 2.45) is 5.73 Å². The van der Waals surface area contributed by atoms with Gasteiger partial charge in [-0.2, -0.15) is 11.8 Å². The number of thioether (sulfide) groups is 1. The van der Waals surface area contributed by atoms with Crippen LogP contribution in [0.5, 0.6) is 0 Å². The molecule has 2 N–H and O–H groups in total. The van der Waals surface area contributed by atoms with Crippen molar-refractivity contribution in [2.45, 2.75) is 24.8 Å². The van der Waals surface area contributed by atoms with Crippen LogP contribution in [0, 0.1) is 0 Å². The van der Waals surface area contributed by atoms with Crippen molar-refractivity contribution < 1.29 is 0 Å². The molecule has 1 atom stereocenters. The van der Waals surface area contributed by atoms with E-state index in [9.17, 15) is 0 Å². The van der Waals surface area contributed by atoms with Crippen LogP contribution >= 0.6 is 11.8 Å². The molecular weight excluding hydrogens is 240 g/mol. The smallest absolute Gasteiger partial charge is 0.0473 e. The maximum absolute atomic E-state index is 6.08. The van der Waals surface area contributed by atoms with Crippen LogP contribution in [0.1, 0.15) is 35.9 Å². The molecule has 98 valence electrons. The molecule has 1 aromatic carbocycles. The normalized spacial score (nSPS) is 22.9. The highest BCUT2D eigenvalue weighted by Crippen LogP contribution is 2.43. The van der Waals surface area contributed by atoms with Crippen molar-refractivity contribution in [3.05, 3.63) is 35.4 Å². The quantitative estimate of drug-likeness (QED) is 0.904. The second-order valence-electron chi connectivity index (χ2n) is 5.30. The Morgan fingerprint density at radius 2 is 1.94 bits per heavy atom. The number of hydrogen-bond donors (Lipinski definition) is 1. The zero-order valence-corrected chi connectivity index (χ0v) is 11.7. The van der Waals surface area contributed by atoms with E-state index >= 15 is 0 Å². The Morgan fingerprint density at radius 3 is 2.61 bits per heavy atom. The number of benzene rings is 1. The van der Waals surface area contributed by atoms with Crippen molar-refractivity contribution >= 4 is 11.8 Å². The van der Waals surface area contributed by atoms with Gasteiger partial charge in [0.05, 0.1) is 0 Å². The fraction of sp³-hybridized carbons (Fsp3) is 0.600. The van der Waals surface area contributed by atoms with Gasteiger partial charge in [0.2, 0.25) is 0 Å². The monoisotopic (exact) mass is 262 g/mol. The Bertz CT molecular complexity index is 397. The predicted octanol–water partition coefficient (Wildman–Crippen LogP) is 2.61. The molecule has 3 rings (SSSR count). The average Bonchev–Trinajstić information content (AvgIpc) is 3.26. The molecule has 1 saturated heterocycles. The largest absolute Gasteiger partial charge is 0.329 e. The lowest BCUT2D eigenvalue weighted by Crippen LogP contribution is -2.39. The topological polar surface area (TPSA) is 29.3 Å². The molecule has 0 bridgehead atoms. The summed E-state index contributed by atoms with van der Waals surface area (Å²) < 4.78 is 0. The van der Waals surface area contributed by atoms with E-state index in [1.54, 1.807) is 5.56 Å². The fourth-order valence-electron chi connectivity index (χ4n) is 2.94. The minimum Gasteiger partial charge on any atom is -0.329 e. The predicted molar refractivity (Wildman–Crippen MR) is 79.1 cm³/mol. The van der Waals surface area contributed by atoms with Gasteiger partial charge in [0, 0.05) is 37.2 Å². The summed E-state index contributed by atoms with van der Waals surface area (Å²) in [5.41, 5.74) is 9.13. The summed E-state index contributed by atoms with van der Waals surface area (Å²) in [5, 5.41) is 0. The highest BCUT2D eigenvalue weighted by Gasteiger charge is 2.30. The zero-order valence-electron chi connectivity index (χ0n) is 10.8. The molecular formula is C15H22N2S. The molecule has 2 aliphatic rings. The molecule has 1 heterocycles. The van der Waals surface area contributed by atoms with E-state index in [0.29, 0.717) is 6.04 Å². The first-order chi connectivity index (χ1) is 8.90. The van der Waals surface area contributed by atoms with Gasteiger partial charge < -0.3 is 5.73 Å². The average molecular weight is 262 g/mol. The Kier molecular flexibility index (Phi) is 3.92. The Balaban J connectivity index is 1.85. The van der Waals surface area contributed by atoms with Crippen LogP contribution in [0.25, 0.3) is 0 Å². The van der Waals surface area contributed by atoms with E-state index in [1.807, 2.05) is 0 Å². The fourth-order valence-corrected chi connectivity index (χ4v) is 3.87. The van der Waals surface area contributed by atoms with Crippen molar-refractivity contribution in [1.82, 2.24) is 4.90 Å². The molecule has 3 heteroatoms. The van der Waals surface area contributed by atoms with Crippen LogP contribution in [0.3, 0.4) is 0 Å². The summed E-state index contributed by atoms with van der Waals surface area (Å²) in [6, 6.07) is 9.39. The lowest BCUT2D eigenvalue weighted by atomic mass is 9.96. The van der Waals surface area contributed by atoms with Crippen molar-refractivity contribution in [1.29, 1.82) is 0 Å². The van der Waals surface area contributed by atoms with E-state index in [0.717, 1.165) is 12.5 Å². The van der Waals surface area contributed by atoms with Gasteiger partial charge in [0.25, 0.3) is 0 Å². The number of nitrogens with two attached hydrogens (primary N) is 1. The third-order valence-corrected chi connectivity index (χ3v) is 5.02. The molecule has 0 spiro atoms. The molecule has 1 aliphatic heterocycles. The SMILES string of the molecule is NCC(c1ccccc1C1CC1)N1CCSCC1. The van der Waals surface area contributed by atoms with Crippen molar-refractivity contribution in [3.63, 3.8) is 0 Å². The van der Waals surface area contributed by atoms with Gasteiger partial charge in [-0.15, -0.1) is 0 Å². The van der Waals surface area contributed by atoms with Crippen LogP contribution in [0.4, 0.5) is 0 Å². The first-order valence-electron chi connectivity index (χ1n) is 7.01. The first-order valence-corrected chi connectivity index (χ1v) is 8.16. The third kappa shape index (κ3) is 2.58. The Labute approximate surface area is 114 Å². The third-order valence-electron chi connectivity index (χ3n) is 4.08. The molecule has 1 saturated carbocycles. The molecule has 2 fully saturated rings. The minimum absolute atomic E-state index is 0.433. The van der Waals surface area contributed by atoms with Crippen LogP contribution in [-0.2, 0) is 0 Å². The van der Waals surface area contributed by atoms with Gasteiger partial charge >= 0.3 is 0 Å². The van der Waals surface area contributed by atoms with Gasteiger partial charge in [0.15, 0.2) is 0 Å². The molecule has 2 nitrogen and oxygen atoms in total. The van der Waals surface area contributed by atoms with Crippen LogP contribution in [0.2, 0.25) is 0 Å². The number of nitrogens with zero attached hydrogens (tertiary/aromatic N) is 1. The standard InChI is InChI=1S/C15H22N2S/c16-11-15(17-7-9-18-10-8-17)14-4-2-1-3-13(14)12-5-6-12/h1-4,12,15H,5-11,16H2. The van der Waals surface area contributed by atoms with Gasteiger partial charge in [-0.05, 0) is 29.9 Å². The zero-order chi connectivity index (χ0) is 12.4. The molecule has 1 aliphatic carbocycles. The van der Waals surface area contributed by atoms with E-state index in [1.165, 1.54) is 43.0 Å². The molecule has 1 aromatic rings. The minimum atomic E-state index is 0.433. The van der Waals surface area contributed by atoms with Crippen LogP contribution < -0.4 is 5.73 Å². The lowest BCUT2D eigenvalue weighted by Gasteiger charge is -2.35.